The predicted octanol–water partition coefficient (Wildman–Crippen LogP) is 3.56. The first-order chi connectivity index (χ1) is 9.51. The van der Waals surface area contributed by atoms with Crippen LogP contribution in [-0.4, -0.2) is 9.91 Å². The van der Waals surface area contributed by atoms with Crippen molar-refractivity contribution < 1.29 is 14.1 Å². The van der Waals surface area contributed by atoms with Gasteiger partial charge < -0.3 is 4.74 Å². The van der Waals surface area contributed by atoms with Gasteiger partial charge in [-0.25, -0.2) is 9.37 Å². The molecule has 1 aromatic heterocycles. The minimum Gasteiger partial charge on any atom is -0.438 e. The molecule has 6 nitrogen and oxygen atoms in total. The van der Waals surface area contributed by atoms with E-state index in [2.05, 4.69) is 20.9 Å². The zero-order chi connectivity index (χ0) is 14.7. The van der Waals surface area contributed by atoms with Gasteiger partial charge in [0.2, 0.25) is 5.88 Å². The van der Waals surface area contributed by atoms with Crippen LogP contribution in [0.1, 0.15) is 5.56 Å². The van der Waals surface area contributed by atoms with Gasteiger partial charge in [0.05, 0.1) is 9.40 Å². The van der Waals surface area contributed by atoms with Gasteiger partial charge >= 0.3 is 0 Å². The molecule has 8 heteroatoms. The minimum atomic E-state index is -0.661. The van der Waals surface area contributed by atoms with Crippen LogP contribution in [0, 0.1) is 27.3 Å². The summed E-state index contributed by atoms with van der Waals surface area (Å²) in [5.41, 5.74) is -0.395. The molecule has 0 bridgehead atoms. The molecule has 0 N–H and O–H groups in total. The number of pyridine rings is 1. The van der Waals surface area contributed by atoms with E-state index in [-0.39, 0.29) is 27.4 Å². The Hall–Kier alpha value is -2.53. The molecule has 0 amide bonds. The van der Waals surface area contributed by atoms with Crippen LogP contribution in [0.15, 0.2) is 34.9 Å². The number of aromatic nitrogens is 1. The number of benzene rings is 1. The fraction of sp³-hybridized carbons (Fsp3) is 0. The van der Waals surface area contributed by atoms with Crippen LogP contribution in [0.5, 0.6) is 11.6 Å². The number of hydrogen-bond donors (Lipinski definition) is 0. The van der Waals surface area contributed by atoms with Crippen molar-refractivity contribution >= 4 is 21.6 Å². The van der Waals surface area contributed by atoms with E-state index in [1.807, 2.05) is 0 Å². The molecule has 100 valence electrons. The van der Waals surface area contributed by atoms with Crippen molar-refractivity contribution in [1.82, 2.24) is 4.98 Å². The number of rotatable bonds is 3. The molecule has 0 fully saturated rings. The molecule has 0 unspecified atom stereocenters. The van der Waals surface area contributed by atoms with Gasteiger partial charge in [-0.05, 0) is 34.1 Å². The summed E-state index contributed by atoms with van der Waals surface area (Å²) >= 11 is 3.00. The monoisotopic (exact) mass is 337 g/mol. The fourth-order valence-corrected chi connectivity index (χ4v) is 1.71. The Balaban J connectivity index is 2.36. The Morgan fingerprint density at radius 2 is 2.20 bits per heavy atom. The lowest BCUT2D eigenvalue weighted by Crippen LogP contribution is -1.95. The van der Waals surface area contributed by atoms with Gasteiger partial charge in [-0.2, -0.15) is 5.26 Å². The maximum Gasteiger partial charge on any atom is 0.289 e. The summed E-state index contributed by atoms with van der Waals surface area (Å²) in [6.45, 7) is 0. The molecule has 1 heterocycles. The highest BCUT2D eigenvalue weighted by Crippen LogP contribution is 2.28. The summed E-state index contributed by atoms with van der Waals surface area (Å²) < 4.78 is 18.6. The predicted molar refractivity (Wildman–Crippen MR) is 69.8 cm³/mol. The zero-order valence-electron chi connectivity index (χ0n) is 9.71. The second-order valence-corrected chi connectivity index (χ2v) is 4.45. The summed E-state index contributed by atoms with van der Waals surface area (Å²) in [7, 11) is 0. The van der Waals surface area contributed by atoms with Gasteiger partial charge in [-0.3, -0.25) is 10.1 Å². The second kappa shape index (κ2) is 5.63. The summed E-state index contributed by atoms with van der Waals surface area (Å²) in [5, 5.41) is 19.5. The van der Waals surface area contributed by atoms with Crippen molar-refractivity contribution in [2.24, 2.45) is 0 Å². The summed E-state index contributed by atoms with van der Waals surface area (Å²) in [5.74, 6) is -0.303. The molecular weight excluding hydrogens is 333 g/mol. The van der Waals surface area contributed by atoms with E-state index in [0.717, 1.165) is 12.3 Å². The van der Waals surface area contributed by atoms with Crippen molar-refractivity contribution in [2.75, 3.05) is 0 Å². The fourth-order valence-electron chi connectivity index (χ4n) is 1.35. The average Bonchev–Trinajstić information content (AvgIpc) is 2.43. The van der Waals surface area contributed by atoms with Crippen LogP contribution in [0.4, 0.5) is 10.1 Å². The highest BCUT2D eigenvalue weighted by atomic mass is 79.9. The van der Waals surface area contributed by atoms with E-state index >= 15 is 0 Å². The number of nitrogens with zero attached hydrogens (tertiary/aromatic N) is 3. The second-order valence-electron chi connectivity index (χ2n) is 3.59. The highest BCUT2D eigenvalue weighted by molar-refractivity contribution is 9.10. The summed E-state index contributed by atoms with van der Waals surface area (Å²) in [6.07, 6.45) is 0.981. The van der Waals surface area contributed by atoms with Gasteiger partial charge in [-0.15, -0.1) is 0 Å². The first-order valence-corrected chi connectivity index (χ1v) is 5.98. The third-order valence-electron chi connectivity index (χ3n) is 2.27. The molecule has 20 heavy (non-hydrogen) atoms. The molecule has 0 atom stereocenters. The van der Waals surface area contributed by atoms with E-state index in [0.29, 0.717) is 0 Å². The number of nitro groups is 1. The maximum absolute atomic E-state index is 13.1. The SMILES string of the molecule is N#Cc1cc([N+](=O)[O-])cnc1Oc1ccc(F)c(Br)c1. The number of ether oxygens (including phenoxy) is 1. The molecule has 0 saturated heterocycles. The minimum absolute atomic E-state index is 0.0837. The van der Waals surface area contributed by atoms with E-state index < -0.39 is 10.7 Å². The number of halogens is 2. The van der Waals surface area contributed by atoms with E-state index in [4.69, 9.17) is 10.00 Å². The smallest absolute Gasteiger partial charge is 0.289 e. The maximum atomic E-state index is 13.1. The van der Waals surface area contributed by atoms with Crippen LogP contribution >= 0.6 is 15.9 Å². The lowest BCUT2D eigenvalue weighted by Gasteiger charge is -2.06. The van der Waals surface area contributed by atoms with Crippen LogP contribution in [-0.2, 0) is 0 Å². The molecular formula is C12H5BrFN3O3. The Labute approximate surface area is 120 Å². The van der Waals surface area contributed by atoms with Crippen LogP contribution in [0.25, 0.3) is 0 Å². The number of hydrogen-bond acceptors (Lipinski definition) is 5. The third-order valence-corrected chi connectivity index (χ3v) is 2.88. The molecule has 0 aliphatic rings. The van der Waals surface area contributed by atoms with E-state index in [1.54, 1.807) is 6.07 Å². The largest absolute Gasteiger partial charge is 0.438 e. The Bertz CT molecular complexity index is 730. The third kappa shape index (κ3) is 2.89. The van der Waals surface area contributed by atoms with E-state index in [9.17, 15) is 14.5 Å². The van der Waals surface area contributed by atoms with Gasteiger partial charge in [-0.1, -0.05) is 0 Å². The molecule has 0 aliphatic carbocycles. The van der Waals surface area contributed by atoms with Crippen molar-refractivity contribution in [2.45, 2.75) is 0 Å². The summed E-state index contributed by atoms with van der Waals surface area (Å²) in [6, 6.07) is 6.71. The van der Waals surface area contributed by atoms with Crippen LogP contribution in [0.2, 0.25) is 0 Å². The first-order valence-electron chi connectivity index (χ1n) is 5.18. The van der Waals surface area contributed by atoms with Gasteiger partial charge in [0.25, 0.3) is 5.69 Å². The number of nitriles is 1. The van der Waals surface area contributed by atoms with Crippen molar-refractivity contribution in [1.29, 1.82) is 5.26 Å². The quantitative estimate of drug-likeness (QED) is 0.631. The average molecular weight is 338 g/mol. The van der Waals surface area contributed by atoms with Gasteiger partial charge in [0, 0.05) is 6.07 Å². The standard InChI is InChI=1S/C12H5BrFN3O3/c13-10-4-9(1-2-11(10)14)20-12-7(5-15)3-8(6-16-12)17(18)19/h1-4,6H. The first kappa shape index (κ1) is 13.9. The van der Waals surface area contributed by atoms with Crippen LogP contribution < -0.4 is 4.74 Å². The Morgan fingerprint density at radius 3 is 2.80 bits per heavy atom. The van der Waals surface area contributed by atoms with Crippen molar-refractivity contribution in [3.05, 3.63) is 56.4 Å². The van der Waals surface area contributed by atoms with Crippen molar-refractivity contribution in [3.63, 3.8) is 0 Å². The van der Waals surface area contributed by atoms with E-state index in [1.165, 1.54) is 18.2 Å². The molecule has 2 aromatic rings. The Morgan fingerprint density at radius 1 is 1.45 bits per heavy atom. The molecule has 0 radical (unpaired) electrons. The topological polar surface area (TPSA) is 89.0 Å². The Kier molecular flexibility index (Phi) is 3.91. The highest BCUT2D eigenvalue weighted by Gasteiger charge is 2.14. The molecule has 0 saturated carbocycles. The summed E-state index contributed by atoms with van der Waals surface area (Å²) in [4.78, 5) is 13.7. The molecule has 1 aromatic carbocycles. The lowest BCUT2D eigenvalue weighted by molar-refractivity contribution is -0.385. The van der Waals surface area contributed by atoms with Gasteiger partial charge in [0.1, 0.15) is 29.4 Å². The normalized spacial score (nSPS) is 9.85. The molecule has 0 spiro atoms. The zero-order valence-corrected chi connectivity index (χ0v) is 11.3. The van der Waals surface area contributed by atoms with Gasteiger partial charge in [0.15, 0.2) is 0 Å². The lowest BCUT2D eigenvalue weighted by atomic mass is 10.2. The molecule has 0 aliphatic heterocycles. The van der Waals surface area contributed by atoms with Crippen molar-refractivity contribution in [3.8, 4) is 17.7 Å². The molecule has 2 rings (SSSR count). The van der Waals surface area contributed by atoms with Crippen LogP contribution in [0.3, 0.4) is 0 Å².